The van der Waals surface area contributed by atoms with Crippen molar-refractivity contribution in [1.82, 2.24) is 19.8 Å². The second kappa shape index (κ2) is 6.53. The lowest BCUT2D eigenvalue weighted by Gasteiger charge is -2.28. The number of carbonyl (C=O) groups is 1. The third-order valence-corrected chi connectivity index (χ3v) is 5.31. The number of nitrogens with zero attached hydrogens (tertiary/aromatic N) is 3. The predicted molar refractivity (Wildman–Crippen MR) is 92.0 cm³/mol. The smallest absolute Gasteiger partial charge is 0.254 e. The Morgan fingerprint density at radius 2 is 2.21 bits per heavy atom. The molecule has 24 heavy (non-hydrogen) atoms. The van der Waals surface area contributed by atoms with Crippen molar-refractivity contribution >= 4 is 16.9 Å². The molecular formula is C18H24N4O2. The summed E-state index contributed by atoms with van der Waals surface area (Å²) >= 11 is 0. The Morgan fingerprint density at radius 1 is 1.38 bits per heavy atom. The van der Waals surface area contributed by atoms with Crippen molar-refractivity contribution in [3.05, 3.63) is 30.1 Å². The van der Waals surface area contributed by atoms with Crippen molar-refractivity contribution in [2.75, 3.05) is 33.3 Å². The summed E-state index contributed by atoms with van der Waals surface area (Å²) < 4.78 is 5.55. The van der Waals surface area contributed by atoms with Gasteiger partial charge in [0.2, 0.25) is 0 Å². The number of rotatable bonds is 4. The average molecular weight is 328 g/mol. The molecule has 2 saturated heterocycles. The SMILES string of the molecule is CO[C@H]1C[C@@H](CN2CCCC2)N(C(=O)c2ccc3nc[nH]c3c2)C1. The monoisotopic (exact) mass is 328 g/mol. The number of imidazole rings is 1. The fourth-order valence-corrected chi connectivity index (χ4v) is 3.96. The molecule has 0 aliphatic carbocycles. The Labute approximate surface area is 141 Å². The van der Waals surface area contributed by atoms with E-state index in [4.69, 9.17) is 4.74 Å². The van der Waals surface area contributed by atoms with Gasteiger partial charge in [-0.05, 0) is 50.6 Å². The fourth-order valence-electron chi connectivity index (χ4n) is 3.96. The molecule has 2 atom stereocenters. The van der Waals surface area contributed by atoms with E-state index in [1.807, 2.05) is 23.1 Å². The minimum absolute atomic E-state index is 0.0928. The molecule has 1 aromatic heterocycles. The second-order valence-corrected chi connectivity index (χ2v) is 6.85. The van der Waals surface area contributed by atoms with Crippen molar-refractivity contribution in [1.29, 1.82) is 0 Å². The molecule has 1 aromatic carbocycles. The zero-order chi connectivity index (χ0) is 16.5. The predicted octanol–water partition coefficient (Wildman–Crippen LogP) is 1.89. The number of nitrogens with one attached hydrogen (secondary N) is 1. The highest BCUT2D eigenvalue weighted by atomic mass is 16.5. The summed E-state index contributed by atoms with van der Waals surface area (Å²) in [7, 11) is 1.74. The van der Waals surface area contributed by atoms with Gasteiger partial charge in [0.25, 0.3) is 5.91 Å². The zero-order valence-corrected chi connectivity index (χ0v) is 14.1. The van der Waals surface area contributed by atoms with Crippen molar-refractivity contribution in [3.63, 3.8) is 0 Å². The molecule has 0 unspecified atom stereocenters. The van der Waals surface area contributed by atoms with E-state index in [9.17, 15) is 4.79 Å². The number of fused-ring (bicyclic) bond motifs is 1. The van der Waals surface area contributed by atoms with Gasteiger partial charge in [0.15, 0.2) is 0 Å². The van der Waals surface area contributed by atoms with Gasteiger partial charge in [-0.2, -0.15) is 0 Å². The number of H-pyrrole nitrogens is 1. The van der Waals surface area contributed by atoms with Crippen LogP contribution in [-0.4, -0.2) is 71.1 Å². The Balaban J connectivity index is 1.55. The molecule has 4 rings (SSSR count). The van der Waals surface area contributed by atoms with E-state index < -0.39 is 0 Å². The lowest BCUT2D eigenvalue weighted by atomic mass is 10.1. The van der Waals surface area contributed by atoms with E-state index in [-0.39, 0.29) is 18.1 Å². The molecule has 2 aliphatic heterocycles. The van der Waals surface area contributed by atoms with Crippen molar-refractivity contribution in [2.45, 2.75) is 31.4 Å². The van der Waals surface area contributed by atoms with Gasteiger partial charge in [0.05, 0.1) is 23.5 Å². The van der Waals surface area contributed by atoms with Crippen LogP contribution in [0.2, 0.25) is 0 Å². The highest BCUT2D eigenvalue weighted by Crippen LogP contribution is 2.25. The van der Waals surface area contributed by atoms with Crippen LogP contribution in [0, 0.1) is 0 Å². The quantitative estimate of drug-likeness (QED) is 0.931. The van der Waals surface area contributed by atoms with Gasteiger partial charge in [-0.3, -0.25) is 4.79 Å². The molecule has 2 aliphatic rings. The molecule has 2 aromatic rings. The van der Waals surface area contributed by atoms with Gasteiger partial charge in [0.1, 0.15) is 0 Å². The van der Waals surface area contributed by atoms with Crippen LogP contribution in [0.25, 0.3) is 11.0 Å². The van der Waals surface area contributed by atoms with Gasteiger partial charge in [-0.25, -0.2) is 4.98 Å². The third kappa shape index (κ3) is 2.91. The number of benzene rings is 1. The number of hydrogen-bond donors (Lipinski definition) is 1. The molecule has 0 saturated carbocycles. The Hall–Kier alpha value is -1.92. The molecule has 0 radical (unpaired) electrons. The molecule has 3 heterocycles. The number of aromatic nitrogens is 2. The highest BCUT2D eigenvalue weighted by molar-refractivity contribution is 5.97. The summed E-state index contributed by atoms with van der Waals surface area (Å²) in [4.78, 5) is 24.9. The van der Waals surface area contributed by atoms with Crippen LogP contribution >= 0.6 is 0 Å². The van der Waals surface area contributed by atoms with E-state index in [1.165, 1.54) is 12.8 Å². The van der Waals surface area contributed by atoms with Crippen LogP contribution in [0.15, 0.2) is 24.5 Å². The molecule has 1 amide bonds. The number of carbonyl (C=O) groups excluding carboxylic acids is 1. The van der Waals surface area contributed by atoms with Crippen molar-refractivity contribution in [3.8, 4) is 0 Å². The fraction of sp³-hybridized carbons (Fsp3) is 0.556. The summed E-state index contributed by atoms with van der Waals surface area (Å²) in [6.07, 6.45) is 5.25. The Bertz CT molecular complexity index is 723. The van der Waals surface area contributed by atoms with Crippen LogP contribution < -0.4 is 0 Å². The molecule has 2 fully saturated rings. The highest BCUT2D eigenvalue weighted by Gasteiger charge is 2.37. The third-order valence-electron chi connectivity index (χ3n) is 5.31. The molecule has 1 N–H and O–H groups in total. The normalized spacial score (nSPS) is 25.0. The lowest BCUT2D eigenvalue weighted by Crippen LogP contribution is -2.42. The number of aromatic amines is 1. The summed E-state index contributed by atoms with van der Waals surface area (Å²) in [5.41, 5.74) is 2.51. The van der Waals surface area contributed by atoms with Gasteiger partial charge in [-0.15, -0.1) is 0 Å². The number of likely N-dealkylation sites (tertiary alicyclic amines) is 2. The average Bonchev–Trinajstić information content (AvgIpc) is 3.34. The molecule has 6 nitrogen and oxygen atoms in total. The number of amides is 1. The first-order chi connectivity index (χ1) is 11.7. The number of methoxy groups -OCH3 is 1. The van der Waals surface area contributed by atoms with Gasteiger partial charge < -0.3 is 19.5 Å². The topological polar surface area (TPSA) is 61.5 Å². The molecule has 0 bridgehead atoms. The Kier molecular flexibility index (Phi) is 4.24. The van der Waals surface area contributed by atoms with E-state index >= 15 is 0 Å². The first kappa shape index (κ1) is 15.6. The zero-order valence-electron chi connectivity index (χ0n) is 14.1. The minimum Gasteiger partial charge on any atom is -0.380 e. The Morgan fingerprint density at radius 3 is 3.00 bits per heavy atom. The standard InChI is InChI=1S/C18H24N4O2/c1-24-15-9-14(10-21-6-2-3-7-21)22(11-15)18(23)13-4-5-16-17(8-13)20-12-19-16/h4-5,8,12,14-15H,2-3,6-7,9-11H2,1H3,(H,19,20)/t14-,15-/m0/s1. The van der Waals surface area contributed by atoms with Crippen LogP contribution in [0.3, 0.4) is 0 Å². The largest absolute Gasteiger partial charge is 0.380 e. The maximum atomic E-state index is 13.1. The van der Waals surface area contributed by atoms with Gasteiger partial charge in [-0.1, -0.05) is 0 Å². The van der Waals surface area contributed by atoms with E-state index in [1.54, 1.807) is 13.4 Å². The minimum atomic E-state index is 0.0928. The van der Waals surface area contributed by atoms with E-state index in [0.29, 0.717) is 6.54 Å². The van der Waals surface area contributed by atoms with Crippen LogP contribution in [0.4, 0.5) is 0 Å². The first-order valence-electron chi connectivity index (χ1n) is 8.74. The van der Waals surface area contributed by atoms with Crippen LogP contribution in [-0.2, 0) is 4.74 Å². The summed E-state index contributed by atoms with van der Waals surface area (Å²) in [6.45, 7) is 3.93. The lowest BCUT2D eigenvalue weighted by molar-refractivity contribution is 0.0670. The van der Waals surface area contributed by atoms with Crippen LogP contribution in [0.1, 0.15) is 29.6 Å². The summed E-state index contributed by atoms with van der Waals surface area (Å²) in [5, 5.41) is 0. The molecular weight excluding hydrogens is 304 g/mol. The second-order valence-electron chi connectivity index (χ2n) is 6.85. The first-order valence-corrected chi connectivity index (χ1v) is 8.74. The molecule has 0 spiro atoms. The van der Waals surface area contributed by atoms with E-state index in [0.717, 1.165) is 42.7 Å². The number of ether oxygens (including phenoxy) is 1. The maximum Gasteiger partial charge on any atom is 0.254 e. The van der Waals surface area contributed by atoms with Crippen molar-refractivity contribution in [2.24, 2.45) is 0 Å². The molecule has 128 valence electrons. The summed E-state index contributed by atoms with van der Waals surface area (Å²) in [6, 6.07) is 5.91. The number of hydrogen-bond acceptors (Lipinski definition) is 4. The summed E-state index contributed by atoms with van der Waals surface area (Å²) in [5.74, 6) is 0.0928. The van der Waals surface area contributed by atoms with Crippen molar-refractivity contribution < 1.29 is 9.53 Å². The van der Waals surface area contributed by atoms with Crippen LogP contribution in [0.5, 0.6) is 0 Å². The van der Waals surface area contributed by atoms with Gasteiger partial charge >= 0.3 is 0 Å². The van der Waals surface area contributed by atoms with E-state index in [2.05, 4.69) is 14.9 Å². The molecule has 6 heteroatoms. The van der Waals surface area contributed by atoms with Gasteiger partial charge in [0, 0.05) is 31.8 Å². The maximum absolute atomic E-state index is 13.1.